The summed E-state index contributed by atoms with van der Waals surface area (Å²) in [6.45, 7) is 3.55. The molecule has 21 heavy (non-hydrogen) atoms. The maximum atomic E-state index is 12.4. The van der Waals surface area contributed by atoms with Gasteiger partial charge in [0.2, 0.25) is 0 Å². The lowest BCUT2D eigenvalue weighted by molar-refractivity contribution is 0.597. The monoisotopic (exact) mass is 322 g/mol. The largest absolute Gasteiger partial charge is 0.383 e. The van der Waals surface area contributed by atoms with Crippen LogP contribution in [0.4, 0.5) is 0 Å². The van der Waals surface area contributed by atoms with Crippen molar-refractivity contribution >= 4 is 27.5 Å². The van der Waals surface area contributed by atoms with Crippen LogP contribution in [0.3, 0.4) is 0 Å². The number of aryl methyl sites for hydroxylation is 2. The molecule has 0 aliphatic carbocycles. The van der Waals surface area contributed by atoms with Crippen LogP contribution >= 0.6 is 11.6 Å². The highest BCUT2D eigenvalue weighted by molar-refractivity contribution is 7.90. The highest BCUT2D eigenvalue weighted by Crippen LogP contribution is 2.19. The number of halogens is 1. The molecule has 0 saturated carbocycles. The number of nitrogens with zero attached hydrogens (tertiary/aromatic N) is 1. The fourth-order valence-electron chi connectivity index (χ4n) is 1.84. The third kappa shape index (κ3) is 3.62. The predicted molar refractivity (Wildman–Crippen MR) is 85.3 cm³/mol. The van der Waals surface area contributed by atoms with Gasteiger partial charge in [-0.25, -0.2) is 0 Å². The van der Waals surface area contributed by atoms with Gasteiger partial charge < -0.3 is 5.73 Å². The predicted octanol–water partition coefficient (Wildman–Crippen LogP) is 3.05. The van der Waals surface area contributed by atoms with E-state index in [1.807, 2.05) is 13.0 Å². The normalized spacial score (nSPS) is 12.4. The van der Waals surface area contributed by atoms with Gasteiger partial charge in [-0.05, 0) is 55.3 Å². The van der Waals surface area contributed by atoms with Crippen LogP contribution in [0.15, 0.2) is 51.8 Å². The van der Waals surface area contributed by atoms with E-state index >= 15 is 0 Å². The van der Waals surface area contributed by atoms with Crippen molar-refractivity contribution in [1.29, 1.82) is 0 Å². The number of hydrogen-bond acceptors (Lipinski definition) is 2. The summed E-state index contributed by atoms with van der Waals surface area (Å²) in [5.41, 5.74) is 7.77. The van der Waals surface area contributed by atoms with E-state index in [-0.39, 0.29) is 10.7 Å². The van der Waals surface area contributed by atoms with Crippen LogP contribution in [0.1, 0.15) is 16.7 Å². The van der Waals surface area contributed by atoms with E-state index in [0.717, 1.165) is 5.56 Å². The van der Waals surface area contributed by atoms with E-state index in [9.17, 15) is 8.42 Å². The molecule has 2 rings (SSSR count). The van der Waals surface area contributed by atoms with E-state index < -0.39 is 10.0 Å². The van der Waals surface area contributed by atoms with E-state index in [0.29, 0.717) is 16.1 Å². The Hall–Kier alpha value is -1.85. The molecule has 0 aromatic heterocycles. The molecule has 0 spiro atoms. The first-order valence-electron chi connectivity index (χ1n) is 6.23. The molecule has 0 aliphatic heterocycles. The molecule has 0 radical (unpaired) electrons. The molecule has 2 aromatic carbocycles. The summed E-state index contributed by atoms with van der Waals surface area (Å²) >= 11 is 5.78. The van der Waals surface area contributed by atoms with Gasteiger partial charge in [-0.3, -0.25) is 0 Å². The molecule has 0 heterocycles. The maximum Gasteiger partial charge on any atom is 0.284 e. The van der Waals surface area contributed by atoms with Crippen molar-refractivity contribution in [3.05, 3.63) is 64.2 Å². The second kappa shape index (κ2) is 5.87. The molecule has 0 atom stereocenters. The lowest BCUT2D eigenvalue weighted by Gasteiger charge is -2.06. The molecule has 0 unspecified atom stereocenters. The van der Waals surface area contributed by atoms with Crippen LogP contribution in [0.2, 0.25) is 5.02 Å². The summed E-state index contributed by atoms with van der Waals surface area (Å²) in [6.07, 6.45) is 0. The van der Waals surface area contributed by atoms with Gasteiger partial charge in [-0.15, -0.1) is 4.40 Å². The van der Waals surface area contributed by atoms with E-state index in [1.165, 1.54) is 0 Å². The Labute approximate surface area is 129 Å². The SMILES string of the molecule is Cc1ccc(C)c(S(=O)(=O)/N=C(/N)c2ccc(Cl)cc2)c1. The topological polar surface area (TPSA) is 72.5 Å². The Morgan fingerprint density at radius 3 is 2.33 bits per heavy atom. The molecule has 2 N–H and O–H groups in total. The first-order chi connectivity index (χ1) is 9.79. The summed E-state index contributed by atoms with van der Waals surface area (Å²) in [5.74, 6) is -0.0624. The lowest BCUT2D eigenvalue weighted by Crippen LogP contribution is -2.16. The quantitative estimate of drug-likeness (QED) is 0.697. The second-order valence-electron chi connectivity index (χ2n) is 4.73. The highest BCUT2D eigenvalue weighted by Gasteiger charge is 2.17. The van der Waals surface area contributed by atoms with Gasteiger partial charge in [0.15, 0.2) is 0 Å². The summed E-state index contributed by atoms with van der Waals surface area (Å²) in [5, 5.41) is 0.545. The number of hydrogen-bond donors (Lipinski definition) is 1. The molecule has 110 valence electrons. The molecule has 2 aromatic rings. The average Bonchev–Trinajstić information content (AvgIpc) is 2.41. The van der Waals surface area contributed by atoms with E-state index in [4.69, 9.17) is 17.3 Å². The van der Waals surface area contributed by atoms with Crippen molar-refractivity contribution in [3.63, 3.8) is 0 Å². The van der Waals surface area contributed by atoms with Crippen LogP contribution in [-0.4, -0.2) is 14.3 Å². The Morgan fingerprint density at radius 2 is 1.71 bits per heavy atom. The first-order valence-corrected chi connectivity index (χ1v) is 8.05. The van der Waals surface area contributed by atoms with Gasteiger partial charge in [0.1, 0.15) is 5.84 Å². The standard InChI is InChI=1S/C15H15ClN2O2S/c1-10-3-4-11(2)14(9-10)21(19,20)18-15(17)12-5-7-13(16)8-6-12/h3-9H,1-2H3,(H2,17,18). The van der Waals surface area contributed by atoms with E-state index in [1.54, 1.807) is 43.3 Å². The molecular weight excluding hydrogens is 308 g/mol. The molecule has 0 fully saturated rings. The first kappa shape index (κ1) is 15.5. The number of sulfonamides is 1. The zero-order chi connectivity index (χ0) is 15.6. The van der Waals surface area contributed by atoms with Gasteiger partial charge in [0, 0.05) is 10.6 Å². The third-order valence-electron chi connectivity index (χ3n) is 2.98. The molecule has 4 nitrogen and oxygen atoms in total. The van der Waals surface area contributed by atoms with E-state index in [2.05, 4.69) is 4.40 Å². The van der Waals surface area contributed by atoms with Gasteiger partial charge in [-0.2, -0.15) is 8.42 Å². The summed E-state index contributed by atoms with van der Waals surface area (Å²) < 4.78 is 28.4. The molecule has 6 heteroatoms. The average molecular weight is 323 g/mol. The Bertz CT molecular complexity index is 797. The molecule has 0 bridgehead atoms. The van der Waals surface area contributed by atoms with Crippen LogP contribution < -0.4 is 5.73 Å². The molecule has 0 saturated heterocycles. The van der Waals surface area contributed by atoms with Crippen molar-refractivity contribution in [3.8, 4) is 0 Å². The van der Waals surface area contributed by atoms with Crippen LogP contribution in [0.5, 0.6) is 0 Å². The zero-order valence-electron chi connectivity index (χ0n) is 11.7. The number of rotatable bonds is 3. The minimum absolute atomic E-state index is 0.0624. The third-order valence-corrected chi connectivity index (χ3v) is 4.66. The molecule has 0 aliphatic rings. The highest BCUT2D eigenvalue weighted by atomic mass is 35.5. The van der Waals surface area contributed by atoms with Crippen LogP contribution in [-0.2, 0) is 10.0 Å². The van der Waals surface area contributed by atoms with Crippen LogP contribution in [0.25, 0.3) is 0 Å². The fraction of sp³-hybridized carbons (Fsp3) is 0.133. The maximum absolute atomic E-state index is 12.4. The minimum atomic E-state index is -3.84. The molecule has 0 amide bonds. The Kier molecular flexibility index (Phi) is 4.34. The Balaban J connectivity index is 2.47. The summed E-state index contributed by atoms with van der Waals surface area (Å²) in [6, 6.07) is 11.7. The second-order valence-corrected chi connectivity index (χ2v) is 6.74. The smallest absolute Gasteiger partial charge is 0.284 e. The van der Waals surface area contributed by atoms with Crippen molar-refractivity contribution in [2.24, 2.45) is 10.1 Å². The molecular formula is C15H15ClN2O2S. The van der Waals surface area contributed by atoms with Gasteiger partial charge in [-0.1, -0.05) is 23.7 Å². The number of nitrogens with two attached hydrogens (primary N) is 1. The van der Waals surface area contributed by atoms with Crippen LogP contribution in [0, 0.1) is 13.8 Å². The minimum Gasteiger partial charge on any atom is -0.383 e. The van der Waals surface area contributed by atoms with Gasteiger partial charge in [0.25, 0.3) is 10.0 Å². The Morgan fingerprint density at radius 1 is 1.10 bits per heavy atom. The number of amidine groups is 1. The zero-order valence-corrected chi connectivity index (χ0v) is 13.2. The van der Waals surface area contributed by atoms with Gasteiger partial charge in [0.05, 0.1) is 4.90 Å². The summed E-state index contributed by atoms with van der Waals surface area (Å²) in [4.78, 5) is 0.166. The van der Waals surface area contributed by atoms with Crippen molar-refractivity contribution < 1.29 is 8.42 Å². The number of benzene rings is 2. The lowest BCUT2D eigenvalue weighted by atomic mass is 10.2. The van der Waals surface area contributed by atoms with Gasteiger partial charge >= 0.3 is 0 Å². The van der Waals surface area contributed by atoms with Crippen molar-refractivity contribution in [2.45, 2.75) is 18.7 Å². The summed E-state index contributed by atoms with van der Waals surface area (Å²) in [7, 11) is -3.84. The fourth-order valence-corrected chi connectivity index (χ4v) is 3.24. The van der Waals surface area contributed by atoms with Crippen molar-refractivity contribution in [1.82, 2.24) is 0 Å². The van der Waals surface area contributed by atoms with Crippen molar-refractivity contribution in [2.75, 3.05) is 0 Å².